The lowest BCUT2D eigenvalue weighted by atomic mass is 9.94. The van der Waals surface area contributed by atoms with Crippen molar-refractivity contribution < 1.29 is 19.4 Å². The van der Waals surface area contributed by atoms with Crippen LogP contribution in [0, 0.1) is 0 Å². The lowest BCUT2D eigenvalue weighted by Crippen LogP contribution is -2.31. The summed E-state index contributed by atoms with van der Waals surface area (Å²) < 4.78 is 5.71. The molecule has 3 aromatic carbocycles. The molecule has 1 atom stereocenters. The topological polar surface area (TPSA) is 66.8 Å². The number of benzene rings is 3. The second-order valence-electron chi connectivity index (χ2n) is 8.70. The van der Waals surface area contributed by atoms with Gasteiger partial charge in [0.25, 0.3) is 11.7 Å². The average Bonchev–Trinajstić information content (AvgIpc) is 3.16. The van der Waals surface area contributed by atoms with Gasteiger partial charge in [0.2, 0.25) is 0 Å². The van der Waals surface area contributed by atoms with E-state index >= 15 is 0 Å². The number of likely N-dealkylation sites (tertiary alicyclic amines) is 1. The van der Waals surface area contributed by atoms with Crippen LogP contribution in [0.4, 0.5) is 0 Å². The first-order valence-corrected chi connectivity index (χ1v) is 12.2. The lowest BCUT2D eigenvalue weighted by molar-refractivity contribution is -0.139. The van der Waals surface area contributed by atoms with E-state index in [1.165, 1.54) is 0 Å². The maximum atomic E-state index is 13.3. The molecule has 180 valence electrons. The van der Waals surface area contributed by atoms with Crippen LogP contribution in [0.15, 0.2) is 84.4 Å². The molecule has 0 bridgehead atoms. The zero-order valence-electron chi connectivity index (χ0n) is 20.2. The summed E-state index contributed by atoms with van der Waals surface area (Å²) in [6, 6.07) is 24.1. The predicted molar refractivity (Wildman–Crippen MR) is 137 cm³/mol. The van der Waals surface area contributed by atoms with Gasteiger partial charge in [-0.1, -0.05) is 80.6 Å². The number of hydrogen-bond donors (Lipinski definition) is 1. The highest BCUT2D eigenvalue weighted by molar-refractivity contribution is 6.46. The standard InChI is InChI=1S/C30H31NO4/c1-3-19-35-25-12-8-11-24(20-25)28(32)26-27(23-15-13-21(4-2)14-16-23)31(30(34)29(26)33)18-17-22-9-6-5-7-10-22/h5-16,20,27,32H,3-4,17-19H2,1-2H3/b28-26+. The summed E-state index contributed by atoms with van der Waals surface area (Å²) in [6.07, 6.45) is 2.35. The summed E-state index contributed by atoms with van der Waals surface area (Å²) in [5.74, 6) is -0.833. The number of amides is 1. The number of carbonyl (C=O) groups excluding carboxylic acids is 2. The highest BCUT2D eigenvalue weighted by Gasteiger charge is 2.45. The van der Waals surface area contributed by atoms with Gasteiger partial charge in [-0.25, -0.2) is 0 Å². The van der Waals surface area contributed by atoms with Crippen molar-refractivity contribution >= 4 is 17.4 Å². The van der Waals surface area contributed by atoms with E-state index in [1.807, 2.05) is 67.6 Å². The second-order valence-corrected chi connectivity index (χ2v) is 8.70. The van der Waals surface area contributed by atoms with Crippen LogP contribution in [0.1, 0.15) is 48.6 Å². The third-order valence-corrected chi connectivity index (χ3v) is 6.31. The molecule has 0 saturated carbocycles. The van der Waals surface area contributed by atoms with E-state index in [-0.39, 0.29) is 11.3 Å². The molecule has 5 heteroatoms. The minimum absolute atomic E-state index is 0.111. The smallest absolute Gasteiger partial charge is 0.295 e. The van der Waals surface area contributed by atoms with Gasteiger partial charge < -0.3 is 14.7 Å². The molecule has 0 spiro atoms. The molecule has 4 rings (SSSR count). The number of aryl methyl sites for hydroxylation is 1. The van der Waals surface area contributed by atoms with Crippen LogP contribution in [0.25, 0.3) is 5.76 Å². The maximum Gasteiger partial charge on any atom is 0.295 e. The monoisotopic (exact) mass is 469 g/mol. The van der Waals surface area contributed by atoms with Crippen molar-refractivity contribution in [2.45, 2.75) is 39.2 Å². The number of ether oxygens (including phenoxy) is 1. The predicted octanol–water partition coefficient (Wildman–Crippen LogP) is 5.70. The molecule has 1 N–H and O–H groups in total. The van der Waals surface area contributed by atoms with Crippen molar-refractivity contribution in [1.29, 1.82) is 0 Å². The Labute approximate surface area is 206 Å². The van der Waals surface area contributed by atoms with Crippen LogP contribution in [0.2, 0.25) is 0 Å². The van der Waals surface area contributed by atoms with Crippen LogP contribution in [0.5, 0.6) is 5.75 Å². The fourth-order valence-corrected chi connectivity index (χ4v) is 4.40. The summed E-state index contributed by atoms with van der Waals surface area (Å²) in [5, 5.41) is 11.3. The van der Waals surface area contributed by atoms with E-state index in [9.17, 15) is 14.7 Å². The van der Waals surface area contributed by atoms with Crippen LogP contribution in [0.3, 0.4) is 0 Å². The van der Waals surface area contributed by atoms with Crippen molar-refractivity contribution in [2.24, 2.45) is 0 Å². The van der Waals surface area contributed by atoms with Gasteiger partial charge in [-0.15, -0.1) is 0 Å². The van der Waals surface area contributed by atoms with Gasteiger partial charge in [-0.3, -0.25) is 9.59 Å². The third kappa shape index (κ3) is 5.29. The first-order chi connectivity index (χ1) is 17.0. The number of hydrogen-bond acceptors (Lipinski definition) is 4. The maximum absolute atomic E-state index is 13.3. The van der Waals surface area contributed by atoms with Gasteiger partial charge in [0.1, 0.15) is 11.5 Å². The molecule has 1 unspecified atom stereocenters. The summed E-state index contributed by atoms with van der Waals surface area (Å²) >= 11 is 0. The molecule has 0 radical (unpaired) electrons. The molecule has 1 amide bonds. The van der Waals surface area contributed by atoms with Crippen molar-refractivity contribution in [3.63, 3.8) is 0 Å². The highest BCUT2D eigenvalue weighted by Crippen LogP contribution is 2.40. The van der Waals surface area contributed by atoms with Crippen molar-refractivity contribution in [2.75, 3.05) is 13.2 Å². The van der Waals surface area contributed by atoms with Crippen molar-refractivity contribution in [3.8, 4) is 5.75 Å². The van der Waals surface area contributed by atoms with Crippen molar-refractivity contribution in [3.05, 3.63) is 107 Å². The highest BCUT2D eigenvalue weighted by atomic mass is 16.5. The molecule has 0 aliphatic carbocycles. The van der Waals surface area contributed by atoms with Crippen LogP contribution in [-0.2, 0) is 22.4 Å². The average molecular weight is 470 g/mol. The van der Waals surface area contributed by atoms with E-state index in [0.29, 0.717) is 30.9 Å². The van der Waals surface area contributed by atoms with Gasteiger partial charge in [-0.2, -0.15) is 0 Å². The number of Topliss-reactive ketones (excluding diaryl/α,β-unsaturated/α-hetero) is 1. The molecule has 1 saturated heterocycles. The normalized spacial score (nSPS) is 17.1. The molecular weight excluding hydrogens is 438 g/mol. The first kappa shape index (κ1) is 24.3. The fraction of sp³-hybridized carbons (Fsp3) is 0.267. The van der Waals surface area contributed by atoms with Gasteiger partial charge in [0, 0.05) is 12.1 Å². The quantitative estimate of drug-likeness (QED) is 0.248. The van der Waals surface area contributed by atoms with Crippen LogP contribution >= 0.6 is 0 Å². The van der Waals surface area contributed by atoms with Crippen LogP contribution in [-0.4, -0.2) is 34.8 Å². The molecule has 1 aliphatic heterocycles. The number of aliphatic hydroxyl groups is 1. The van der Waals surface area contributed by atoms with E-state index in [4.69, 9.17) is 4.74 Å². The summed E-state index contributed by atoms with van der Waals surface area (Å²) in [7, 11) is 0. The van der Waals surface area contributed by atoms with Gasteiger partial charge in [0.15, 0.2) is 0 Å². The molecule has 0 aromatic heterocycles. The first-order valence-electron chi connectivity index (χ1n) is 12.2. The number of nitrogens with zero attached hydrogens (tertiary/aromatic N) is 1. The second kappa shape index (κ2) is 11.0. The lowest BCUT2D eigenvalue weighted by Gasteiger charge is -2.25. The van der Waals surface area contributed by atoms with Gasteiger partial charge in [-0.05, 0) is 48.1 Å². The van der Waals surface area contributed by atoms with Crippen molar-refractivity contribution in [1.82, 2.24) is 4.90 Å². The Morgan fingerprint density at radius 2 is 1.66 bits per heavy atom. The number of ketones is 1. The Kier molecular flexibility index (Phi) is 7.66. The Morgan fingerprint density at radius 3 is 2.34 bits per heavy atom. The molecule has 3 aromatic rings. The Bertz CT molecular complexity index is 1210. The SMILES string of the molecule is CCCOc1cccc(/C(O)=C2\C(=O)C(=O)N(CCc3ccccc3)C2c2ccc(CC)cc2)c1. The number of rotatable bonds is 9. The molecule has 35 heavy (non-hydrogen) atoms. The molecule has 1 heterocycles. The zero-order valence-corrected chi connectivity index (χ0v) is 20.2. The molecular formula is C30H31NO4. The van der Waals surface area contributed by atoms with Crippen LogP contribution < -0.4 is 4.74 Å². The summed E-state index contributed by atoms with van der Waals surface area (Å²) in [5.41, 5.74) is 3.61. The van der Waals surface area contributed by atoms with E-state index in [2.05, 4.69) is 6.92 Å². The third-order valence-electron chi connectivity index (χ3n) is 6.31. The Hall–Kier alpha value is -3.86. The summed E-state index contributed by atoms with van der Waals surface area (Å²) in [6.45, 7) is 5.02. The minimum Gasteiger partial charge on any atom is -0.507 e. The summed E-state index contributed by atoms with van der Waals surface area (Å²) in [4.78, 5) is 28.0. The molecule has 1 fully saturated rings. The fourth-order valence-electron chi connectivity index (χ4n) is 4.40. The Balaban J connectivity index is 1.76. The Morgan fingerprint density at radius 1 is 0.914 bits per heavy atom. The zero-order chi connectivity index (χ0) is 24.8. The molecule has 1 aliphatic rings. The largest absolute Gasteiger partial charge is 0.507 e. The van der Waals surface area contributed by atoms with E-state index in [1.54, 1.807) is 23.1 Å². The molecule has 5 nitrogen and oxygen atoms in total. The number of carbonyl (C=O) groups is 2. The minimum atomic E-state index is -0.667. The van der Waals surface area contributed by atoms with Gasteiger partial charge >= 0.3 is 0 Å². The number of aliphatic hydroxyl groups excluding tert-OH is 1. The van der Waals surface area contributed by atoms with E-state index < -0.39 is 17.7 Å². The van der Waals surface area contributed by atoms with E-state index in [0.717, 1.165) is 29.5 Å². The van der Waals surface area contributed by atoms with Gasteiger partial charge in [0.05, 0.1) is 18.2 Å².